The van der Waals surface area contributed by atoms with Gasteiger partial charge in [-0.05, 0) is 13.1 Å². The van der Waals surface area contributed by atoms with Crippen LogP contribution in [0.15, 0.2) is 30.5 Å². The zero-order valence-electron chi connectivity index (χ0n) is 11.7. The molecule has 0 saturated carbocycles. The minimum atomic E-state index is 0.563. The Morgan fingerprint density at radius 1 is 1.32 bits per heavy atom. The zero-order valence-corrected chi connectivity index (χ0v) is 11.7. The molecule has 2 N–H and O–H groups in total. The van der Waals surface area contributed by atoms with E-state index in [1.807, 2.05) is 0 Å². The van der Waals surface area contributed by atoms with E-state index in [1.165, 1.54) is 16.6 Å². The van der Waals surface area contributed by atoms with E-state index in [4.69, 9.17) is 0 Å². The fraction of sp³-hybridized carbons (Fsp3) is 0.467. The van der Waals surface area contributed by atoms with Crippen molar-refractivity contribution in [1.29, 1.82) is 0 Å². The molecule has 3 rings (SSSR count). The Balaban J connectivity index is 1.75. The molecule has 1 saturated heterocycles. The SMILES string of the molecule is CN1CCNCC1CNc1cn(C)c2ccccc12. The first-order valence-corrected chi connectivity index (χ1v) is 6.94. The molecule has 1 fully saturated rings. The number of hydrogen-bond acceptors (Lipinski definition) is 3. The second kappa shape index (κ2) is 5.23. The van der Waals surface area contributed by atoms with Gasteiger partial charge in [0.05, 0.1) is 5.69 Å². The largest absolute Gasteiger partial charge is 0.382 e. The number of aryl methyl sites for hydroxylation is 1. The van der Waals surface area contributed by atoms with Crippen molar-refractivity contribution in [3.8, 4) is 0 Å². The van der Waals surface area contributed by atoms with Crippen molar-refractivity contribution < 1.29 is 0 Å². The third-order valence-electron chi connectivity index (χ3n) is 4.07. The van der Waals surface area contributed by atoms with Gasteiger partial charge in [0.1, 0.15) is 0 Å². The molecule has 1 atom stereocenters. The van der Waals surface area contributed by atoms with E-state index in [9.17, 15) is 0 Å². The number of nitrogens with zero attached hydrogens (tertiary/aromatic N) is 2. The zero-order chi connectivity index (χ0) is 13.2. The standard InChI is InChI=1S/C15H22N4/c1-18-8-7-16-9-12(18)10-17-14-11-19(2)15-6-4-3-5-13(14)15/h3-6,11-12,16-17H,7-10H2,1-2H3. The highest BCUT2D eigenvalue weighted by atomic mass is 15.2. The fourth-order valence-electron chi connectivity index (χ4n) is 2.80. The predicted molar refractivity (Wildman–Crippen MR) is 80.7 cm³/mol. The van der Waals surface area contributed by atoms with E-state index in [0.29, 0.717) is 6.04 Å². The first kappa shape index (κ1) is 12.5. The van der Waals surface area contributed by atoms with E-state index < -0.39 is 0 Å². The maximum absolute atomic E-state index is 3.61. The van der Waals surface area contributed by atoms with Gasteiger partial charge in [-0.25, -0.2) is 0 Å². The summed E-state index contributed by atoms with van der Waals surface area (Å²) in [5.41, 5.74) is 2.51. The topological polar surface area (TPSA) is 32.2 Å². The molecule has 1 unspecified atom stereocenters. The normalized spacial score (nSPS) is 20.8. The number of piperazine rings is 1. The number of benzene rings is 1. The summed E-state index contributed by atoms with van der Waals surface area (Å²) in [5, 5.41) is 8.37. The number of aromatic nitrogens is 1. The van der Waals surface area contributed by atoms with Crippen LogP contribution in [-0.2, 0) is 7.05 Å². The number of hydrogen-bond donors (Lipinski definition) is 2. The predicted octanol–water partition coefficient (Wildman–Crippen LogP) is 1.49. The van der Waals surface area contributed by atoms with E-state index in [1.54, 1.807) is 0 Å². The van der Waals surface area contributed by atoms with Gasteiger partial charge in [0.2, 0.25) is 0 Å². The van der Waals surface area contributed by atoms with E-state index in [2.05, 4.69) is 64.7 Å². The molecule has 2 heterocycles. The molecule has 102 valence electrons. The summed E-state index contributed by atoms with van der Waals surface area (Å²) in [6.45, 7) is 4.27. The van der Waals surface area contributed by atoms with Crippen molar-refractivity contribution in [2.45, 2.75) is 6.04 Å². The summed E-state index contributed by atoms with van der Waals surface area (Å²) in [4.78, 5) is 2.43. The van der Waals surface area contributed by atoms with E-state index in [-0.39, 0.29) is 0 Å². The molecule has 1 aromatic heterocycles. The number of nitrogens with one attached hydrogen (secondary N) is 2. The summed E-state index contributed by atoms with van der Waals surface area (Å²) in [7, 11) is 4.30. The number of fused-ring (bicyclic) bond motifs is 1. The lowest BCUT2D eigenvalue weighted by Crippen LogP contribution is -2.52. The van der Waals surface area contributed by atoms with Gasteiger partial charge in [-0.3, -0.25) is 4.90 Å². The molecule has 0 bridgehead atoms. The van der Waals surface area contributed by atoms with Gasteiger partial charge >= 0.3 is 0 Å². The van der Waals surface area contributed by atoms with Crippen molar-refractivity contribution >= 4 is 16.6 Å². The highest BCUT2D eigenvalue weighted by molar-refractivity contribution is 5.92. The second-order valence-electron chi connectivity index (χ2n) is 5.39. The molecular weight excluding hydrogens is 236 g/mol. The average molecular weight is 258 g/mol. The van der Waals surface area contributed by atoms with Crippen LogP contribution in [0.4, 0.5) is 5.69 Å². The van der Waals surface area contributed by atoms with Gasteiger partial charge in [0, 0.05) is 56.4 Å². The van der Waals surface area contributed by atoms with Crippen LogP contribution in [0.3, 0.4) is 0 Å². The second-order valence-corrected chi connectivity index (χ2v) is 5.39. The molecule has 19 heavy (non-hydrogen) atoms. The first-order valence-electron chi connectivity index (χ1n) is 6.94. The van der Waals surface area contributed by atoms with Crippen LogP contribution in [0.1, 0.15) is 0 Å². The smallest absolute Gasteiger partial charge is 0.0600 e. The summed E-state index contributed by atoms with van der Waals surface area (Å²) < 4.78 is 2.18. The van der Waals surface area contributed by atoms with Gasteiger partial charge in [0.15, 0.2) is 0 Å². The van der Waals surface area contributed by atoms with Crippen molar-refractivity contribution in [3.63, 3.8) is 0 Å². The summed E-state index contributed by atoms with van der Waals surface area (Å²) in [6, 6.07) is 9.09. The van der Waals surface area contributed by atoms with Gasteiger partial charge in [-0.15, -0.1) is 0 Å². The molecule has 0 aliphatic carbocycles. The molecule has 1 aliphatic heterocycles. The van der Waals surface area contributed by atoms with Gasteiger partial charge in [-0.2, -0.15) is 0 Å². The van der Waals surface area contributed by atoms with Crippen molar-refractivity contribution in [2.24, 2.45) is 7.05 Å². The number of rotatable bonds is 3. The van der Waals surface area contributed by atoms with Gasteiger partial charge in [0.25, 0.3) is 0 Å². The van der Waals surface area contributed by atoms with Crippen LogP contribution in [0, 0.1) is 0 Å². The Morgan fingerprint density at radius 2 is 2.16 bits per heavy atom. The van der Waals surface area contributed by atoms with Gasteiger partial charge < -0.3 is 15.2 Å². The first-order chi connectivity index (χ1) is 9.25. The molecule has 0 amide bonds. The third-order valence-corrected chi connectivity index (χ3v) is 4.07. The Morgan fingerprint density at radius 3 is 3.00 bits per heavy atom. The van der Waals surface area contributed by atoms with Crippen molar-refractivity contribution in [1.82, 2.24) is 14.8 Å². The maximum Gasteiger partial charge on any atom is 0.0600 e. The molecular formula is C15H22N4. The molecule has 0 spiro atoms. The number of para-hydroxylation sites is 1. The van der Waals surface area contributed by atoms with Crippen molar-refractivity contribution in [3.05, 3.63) is 30.5 Å². The number of likely N-dealkylation sites (N-methyl/N-ethyl adjacent to an activating group) is 1. The van der Waals surface area contributed by atoms with E-state index in [0.717, 1.165) is 26.2 Å². The minimum absolute atomic E-state index is 0.563. The minimum Gasteiger partial charge on any atom is -0.382 e. The monoisotopic (exact) mass is 258 g/mol. The van der Waals surface area contributed by atoms with Crippen molar-refractivity contribution in [2.75, 3.05) is 38.5 Å². The Hall–Kier alpha value is -1.52. The van der Waals surface area contributed by atoms with Crippen LogP contribution in [0.25, 0.3) is 10.9 Å². The van der Waals surface area contributed by atoms with Crippen LogP contribution < -0.4 is 10.6 Å². The molecule has 4 heteroatoms. The Bertz CT molecular complexity index is 560. The molecule has 1 aromatic carbocycles. The van der Waals surface area contributed by atoms with Crippen LogP contribution in [0.5, 0.6) is 0 Å². The average Bonchev–Trinajstić information content (AvgIpc) is 2.75. The summed E-state index contributed by atoms with van der Waals surface area (Å²) >= 11 is 0. The number of anilines is 1. The lowest BCUT2D eigenvalue weighted by atomic mass is 10.2. The van der Waals surface area contributed by atoms with Crippen LogP contribution >= 0.6 is 0 Å². The third kappa shape index (κ3) is 2.46. The Kier molecular flexibility index (Phi) is 3.44. The highest BCUT2D eigenvalue weighted by Crippen LogP contribution is 2.24. The summed E-state index contributed by atoms with van der Waals surface area (Å²) in [5.74, 6) is 0. The Labute approximate surface area is 114 Å². The van der Waals surface area contributed by atoms with E-state index >= 15 is 0 Å². The molecule has 4 nitrogen and oxygen atoms in total. The molecule has 0 radical (unpaired) electrons. The molecule has 1 aliphatic rings. The quantitative estimate of drug-likeness (QED) is 0.875. The lowest BCUT2D eigenvalue weighted by molar-refractivity contribution is 0.209. The summed E-state index contributed by atoms with van der Waals surface area (Å²) in [6.07, 6.45) is 2.18. The van der Waals surface area contributed by atoms with Crippen LogP contribution in [-0.4, -0.2) is 48.7 Å². The highest BCUT2D eigenvalue weighted by Gasteiger charge is 2.18. The lowest BCUT2D eigenvalue weighted by Gasteiger charge is -2.33. The maximum atomic E-state index is 3.61. The van der Waals surface area contributed by atoms with Gasteiger partial charge in [-0.1, -0.05) is 18.2 Å². The molecule has 2 aromatic rings. The fourth-order valence-corrected chi connectivity index (χ4v) is 2.80. The van der Waals surface area contributed by atoms with Crippen LogP contribution in [0.2, 0.25) is 0 Å².